The van der Waals surface area contributed by atoms with Gasteiger partial charge in [0.2, 0.25) is 5.91 Å². The molecule has 0 saturated heterocycles. The second kappa shape index (κ2) is 3.66. The fourth-order valence-electron chi connectivity index (χ4n) is 1.73. The zero-order valence-corrected chi connectivity index (χ0v) is 10.2. The lowest BCUT2D eigenvalue weighted by atomic mass is 10.1. The Balaban J connectivity index is 2.71. The molecule has 5 nitrogen and oxygen atoms in total. The van der Waals surface area contributed by atoms with Gasteiger partial charge in [0.15, 0.2) is 15.6 Å². The Hall–Kier alpha value is -1.69. The number of fused-ring (bicyclic) bond motifs is 1. The molecule has 0 aromatic heterocycles. The highest BCUT2D eigenvalue weighted by atomic mass is 32.2. The van der Waals surface area contributed by atoms with E-state index in [0.29, 0.717) is 5.56 Å². The van der Waals surface area contributed by atoms with Crippen molar-refractivity contribution in [3.8, 4) is 0 Å². The lowest BCUT2D eigenvalue weighted by molar-refractivity contribution is -0.116. The molecule has 0 atom stereocenters. The van der Waals surface area contributed by atoms with Crippen LogP contribution in [-0.2, 0) is 14.6 Å². The molecular formula is C11H11NO4S. The topological polar surface area (TPSA) is 71.5 Å². The molecule has 1 amide bonds. The van der Waals surface area contributed by atoms with E-state index >= 15 is 0 Å². The third kappa shape index (κ3) is 1.84. The molecule has 0 radical (unpaired) electrons. The molecule has 1 aromatic rings. The van der Waals surface area contributed by atoms with E-state index in [2.05, 4.69) is 0 Å². The van der Waals surface area contributed by atoms with Crippen LogP contribution in [0.5, 0.6) is 0 Å². The van der Waals surface area contributed by atoms with Gasteiger partial charge in [-0.1, -0.05) is 0 Å². The Labute approximate surface area is 99.0 Å². The second-order valence-electron chi connectivity index (χ2n) is 3.95. The van der Waals surface area contributed by atoms with E-state index < -0.39 is 21.5 Å². The van der Waals surface area contributed by atoms with Crippen molar-refractivity contribution in [3.63, 3.8) is 0 Å². The molecular weight excluding hydrogens is 242 g/mol. The zero-order chi connectivity index (χ0) is 12.8. The van der Waals surface area contributed by atoms with Crippen LogP contribution in [-0.4, -0.2) is 32.9 Å². The second-order valence-corrected chi connectivity index (χ2v) is 5.91. The number of carbonyl (C=O) groups excluding carboxylic acids is 2. The molecule has 1 aromatic carbocycles. The number of nitrogens with zero attached hydrogens (tertiary/aromatic N) is 1. The van der Waals surface area contributed by atoms with Crippen molar-refractivity contribution >= 4 is 27.2 Å². The smallest absolute Gasteiger partial charge is 0.242 e. The van der Waals surface area contributed by atoms with Crippen molar-refractivity contribution in [1.82, 2.24) is 0 Å². The van der Waals surface area contributed by atoms with E-state index in [9.17, 15) is 18.0 Å². The molecule has 90 valence electrons. The number of benzene rings is 1. The molecule has 17 heavy (non-hydrogen) atoms. The van der Waals surface area contributed by atoms with Crippen LogP contribution >= 0.6 is 0 Å². The van der Waals surface area contributed by atoms with Crippen LogP contribution in [0, 0.1) is 0 Å². The molecule has 6 heteroatoms. The van der Waals surface area contributed by atoms with Crippen LogP contribution in [0.1, 0.15) is 17.3 Å². The van der Waals surface area contributed by atoms with Gasteiger partial charge in [-0.25, -0.2) is 8.42 Å². The molecule has 0 saturated carbocycles. The minimum atomic E-state index is -3.57. The Morgan fingerprint density at radius 2 is 2.00 bits per heavy atom. The van der Waals surface area contributed by atoms with Gasteiger partial charge < -0.3 is 4.90 Å². The number of Topliss-reactive ketones (excluding diaryl/α,β-unsaturated/α-hetero) is 1. The fourth-order valence-corrected chi connectivity index (χ4v) is 3.20. The number of hydrogen-bond donors (Lipinski definition) is 0. The third-order valence-electron chi connectivity index (χ3n) is 2.75. The maximum absolute atomic E-state index is 11.8. The monoisotopic (exact) mass is 253 g/mol. The SMILES string of the molecule is CC(=O)c1ccc2c(c1)N(C)C(=O)CS2(=O)=O. The summed E-state index contributed by atoms with van der Waals surface area (Å²) in [6, 6.07) is 4.28. The first-order valence-electron chi connectivity index (χ1n) is 4.97. The summed E-state index contributed by atoms with van der Waals surface area (Å²) in [6.07, 6.45) is 0. The van der Waals surface area contributed by atoms with Gasteiger partial charge in [0.05, 0.1) is 10.6 Å². The van der Waals surface area contributed by atoms with Crippen molar-refractivity contribution in [1.29, 1.82) is 0 Å². The Kier molecular flexibility index (Phi) is 2.54. The van der Waals surface area contributed by atoms with Crippen LogP contribution in [0.25, 0.3) is 0 Å². The summed E-state index contributed by atoms with van der Waals surface area (Å²) in [5, 5.41) is 0. The van der Waals surface area contributed by atoms with Crippen LogP contribution in [0.15, 0.2) is 23.1 Å². The van der Waals surface area contributed by atoms with Gasteiger partial charge in [-0.15, -0.1) is 0 Å². The number of amides is 1. The molecule has 0 N–H and O–H groups in total. The summed E-state index contributed by atoms with van der Waals surface area (Å²) in [4.78, 5) is 24.1. The molecule has 2 rings (SSSR count). The van der Waals surface area contributed by atoms with Gasteiger partial charge in [-0.3, -0.25) is 9.59 Å². The molecule has 0 bridgehead atoms. The van der Waals surface area contributed by atoms with E-state index in [0.717, 1.165) is 0 Å². The maximum Gasteiger partial charge on any atom is 0.242 e. The van der Waals surface area contributed by atoms with Crippen LogP contribution in [0.2, 0.25) is 0 Å². The Morgan fingerprint density at radius 3 is 2.59 bits per heavy atom. The van der Waals surface area contributed by atoms with E-state index in [1.807, 2.05) is 0 Å². The molecule has 0 unspecified atom stereocenters. The number of hydrogen-bond acceptors (Lipinski definition) is 4. The van der Waals surface area contributed by atoms with Gasteiger partial charge in [-0.2, -0.15) is 0 Å². The molecule has 1 heterocycles. The van der Waals surface area contributed by atoms with Crippen LogP contribution in [0.3, 0.4) is 0 Å². The van der Waals surface area contributed by atoms with E-state index in [4.69, 9.17) is 0 Å². The molecule has 1 aliphatic heterocycles. The summed E-state index contributed by atoms with van der Waals surface area (Å²) in [6.45, 7) is 1.39. The van der Waals surface area contributed by atoms with Gasteiger partial charge >= 0.3 is 0 Å². The lowest BCUT2D eigenvalue weighted by Gasteiger charge is -2.25. The minimum Gasteiger partial charge on any atom is -0.313 e. The summed E-state index contributed by atoms with van der Waals surface area (Å²) in [7, 11) is -2.07. The van der Waals surface area contributed by atoms with Crippen LogP contribution in [0.4, 0.5) is 5.69 Å². The van der Waals surface area contributed by atoms with Gasteiger partial charge in [0.25, 0.3) is 0 Å². The largest absolute Gasteiger partial charge is 0.313 e. The first kappa shape index (κ1) is 11.8. The first-order chi connectivity index (χ1) is 7.83. The van der Waals surface area contributed by atoms with Gasteiger partial charge in [-0.05, 0) is 25.1 Å². The Bertz CT molecular complexity index is 618. The number of sulfone groups is 1. The highest BCUT2D eigenvalue weighted by Crippen LogP contribution is 2.31. The van der Waals surface area contributed by atoms with Crippen molar-refractivity contribution in [2.45, 2.75) is 11.8 Å². The number of ketones is 1. The van der Waals surface area contributed by atoms with Crippen molar-refractivity contribution in [2.24, 2.45) is 0 Å². The summed E-state index contributed by atoms with van der Waals surface area (Å²) >= 11 is 0. The minimum absolute atomic E-state index is 0.101. The Morgan fingerprint density at radius 1 is 1.35 bits per heavy atom. The molecule has 0 spiro atoms. The average Bonchev–Trinajstić information content (AvgIpc) is 2.25. The summed E-state index contributed by atoms with van der Waals surface area (Å²) in [5.41, 5.74) is 0.662. The predicted molar refractivity (Wildman–Crippen MR) is 61.9 cm³/mol. The van der Waals surface area contributed by atoms with E-state index in [1.54, 1.807) is 0 Å². The number of rotatable bonds is 1. The third-order valence-corrected chi connectivity index (χ3v) is 4.39. The molecule has 0 fully saturated rings. The van der Waals surface area contributed by atoms with Gasteiger partial charge in [0.1, 0.15) is 5.75 Å². The number of anilines is 1. The predicted octanol–water partition coefficient (Wildman–Crippen LogP) is 0.639. The average molecular weight is 253 g/mol. The quantitative estimate of drug-likeness (QED) is 0.688. The van der Waals surface area contributed by atoms with E-state index in [-0.39, 0.29) is 16.4 Å². The zero-order valence-electron chi connectivity index (χ0n) is 9.43. The normalized spacial score (nSPS) is 17.8. The van der Waals surface area contributed by atoms with Crippen LogP contribution < -0.4 is 4.90 Å². The molecule has 0 aliphatic carbocycles. The van der Waals surface area contributed by atoms with Crippen molar-refractivity contribution < 1.29 is 18.0 Å². The van der Waals surface area contributed by atoms with E-state index in [1.165, 1.54) is 37.1 Å². The summed E-state index contributed by atoms with van der Waals surface area (Å²) in [5.74, 6) is -1.18. The standard InChI is InChI=1S/C11H11NO4S/c1-7(13)8-3-4-10-9(5-8)12(2)11(14)6-17(10,15)16/h3-5H,6H2,1-2H3. The highest BCUT2D eigenvalue weighted by molar-refractivity contribution is 7.92. The van der Waals surface area contributed by atoms with Crippen molar-refractivity contribution in [3.05, 3.63) is 23.8 Å². The van der Waals surface area contributed by atoms with Gasteiger partial charge in [0, 0.05) is 12.6 Å². The first-order valence-corrected chi connectivity index (χ1v) is 6.62. The highest BCUT2D eigenvalue weighted by Gasteiger charge is 2.32. The number of carbonyl (C=O) groups is 2. The maximum atomic E-state index is 11.8. The van der Waals surface area contributed by atoms with Crippen molar-refractivity contribution in [2.75, 3.05) is 17.7 Å². The fraction of sp³-hybridized carbons (Fsp3) is 0.273. The molecule has 1 aliphatic rings. The lowest BCUT2D eigenvalue weighted by Crippen LogP contribution is -2.38. The summed E-state index contributed by atoms with van der Waals surface area (Å²) < 4.78 is 23.6.